The first-order valence-corrected chi connectivity index (χ1v) is 20.4. The first-order chi connectivity index (χ1) is 20.3. The molecule has 5 rings (SSSR count). The summed E-state index contributed by atoms with van der Waals surface area (Å²) in [6.45, 7) is 2.87. The molecule has 1 unspecified atom stereocenters. The molecule has 0 fully saturated rings. The molecule has 41 heavy (non-hydrogen) atoms. The third-order valence-electron chi connectivity index (χ3n) is 7.41. The summed E-state index contributed by atoms with van der Waals surface area (Å²) in [7, 11) is 0. The van der Waals surface area contributed by atoms with Crippen LogP contribution in [0.2, 0.25) is 4.82 Å². The molecule has 0 N–H and O–H groups in total. The molecule has 0 radical (unpaired) electrons. The Morgan fingerprint density at radius 2 is 1.07 bits per heavy atom. The van der Waals surface area contributed by atoms with E-state index in [0.29, 0.717) is 26.4 Å². The molecular formula is C37H37GeNOSe. The van der Waals surface area contributed by atoms with Crippen LogP contribution in [0.1, 0.15) is 31.7 Å². The Labute approximate surface area is 254 Å². The van der Waals surface area contributed by atoms with E-state index in [4.69, 9.17) is 9.99 Å². The van der Waals surface area contributed by atoms with Crippen molar-refractivity contribution in [1.82, 2.24) is 0 Å². The van der Waals surface area contributed by atoms with E-state index in [-0.39, 0.29) is 0 Å². The summed E-state index contributed by atoms with van der Waals surface area (Å²) in [5, 5.41) is 5.11. The Morgan fingerprint density at radius 3 is 1.56 bits per heavy atom. The predicted octanol–water partition coefficient (Wildman–Crippen LogP) is 6.28. The number of hydrogen-bond donors (Lipinski definition) is 0. The van der Waals surface area contributed by atoms with Crippen molar-refractivity contribution in [2.45, 2.75) is 37.6 Å². The minimum atomic E-state index is -3.45. The standard InChI is InChI=1S/C37H37GeNOSe/c1-31(41-36-27-15-6-16-28-36)18-17-29-37(39-40-30-32-19-7-2-8-20-32)38(33-21-9-3-10-22-33,34-23-11-4-12-24-34)35-25-13-5-14-26-35/h2-16,19-28,31H,17-18,29-30H2,1H3/b39-37+. The van der Waals surface area contributed by atoms with E-state index < -0.39 is 13.3 Å². The molecule has 0 aliphatic heterocycles. The third-order valence-corrected chi connectivity index (χ3v) is 20.0. The van der Waals surface area contributed by atoms with Crippen LogP contribution >= 0.6 is 0 Å². The summed E-state index contributed by atoms with van der Waals surface area (Å²) in [6.07, 6.45) is 3.18. The van der Waals surface area contributed by atoms with Crippen molar-refractivity contribution in [3.05, 3.63) is 157 Å². The molecule has 2 nitrogen and oxygen atoms in total. The zero-order chi connectivity index (χ0) is 28.2. The molecule has 5 aromatic carbocycles. The van der Waals surface area contributed by atoms with Crippen LogP contribution in [-0.2, 0) is 11.4 Å². The van der Waals surface area contributed by atoms with Gasteiger partial charge in [0.25, 0.3) is 0 Å². The minimum absolute atomic E-state index is 0.458. The summed E-state index contributed by atoms with van der Waals surface area (Å²) < 4.78 is 6.84. The van der Waals surface area contributed by atoms with Gasteiger partial charge < -0.3 is 0 Å². The molecule has 0 spiro atoms. The van der Waals surface area contributed by atoms with Gasteiger partial charge in [0.2, 0.25) is 0 Å². The first-order valence-electron chi connectivity index (χ1n) is 14.4. The summed E-state index contributed by atoms with van der Waals surface area (Å²) in [5.74, 6) is 0. The summed E-state index contributed by atoms with van der Waals surface area (Å²) in [6, 6.07) is 54.6. The molecule has 4 heteroatoms. The van der Waals surface area contributed by atoms with Gasteiger partial charge in [-0.15, -0.1) is 0 Å². The van der Waals surface area contributed by atoms with Gasteiger partial charge >= 0.3 is 255 Å². The van der Waals surface area contributed by atoms with Crippen LogP contribution in [0.15, 0.2) is 157 Å². The Hall–Kier alpha value is -3.37. The van der Waals surface area contributed by atoms with Gasteiger partial charge in [0, 0.05) is 0 Å². The molecule has 0 heterocycles. The molecule has 5 aromatic rings. The fourth-order valence-electron chi connectivity index (χ4n) is 5.47. The second-order valence-corrected chi connectivity index (χ2v) is 21.4. The first kappa shape index (κ1) is 29.1. The van der Waals surface area contributed by atoms with Crippen LogP contribution in [0.3, 0.4) is 0 Å². The van der Waals surface area contributed by atoms with Gasteiger partial charge in [-0.25, -0.2) is 0 Å². The van der Waals surface area contributed by atoms with Crippen molar-refractivity contribution >= 4 is 50.4 Å². The van der Waals surface area contributed by atoms with Crippen molar-refractivity contribution < 1.29 is 4.84 Å². The number of oxime groups is 1. The fourth-order valence-corrected chi connectivity index (χ4v) is 17.8. The van der Waals surface area contributed by atoms with Gasteiger partial charge in [-0.1, -0.05) is 0 Å². The Balaban J connectivity index is 1.54. The van der Waals surface area contributed by atoms with Gasteiger partial charge in [-0.3, -0.25) is 0 Å². The van der Waals surface area contributed by atoms with E-state index in [1.807, 2.05) is 6.07 Å². The maximum atomic E-state index is 6.24. The topological polar surface area (TPSA) is 21.6 Å². The molecule has 0 aliphatic carbocycles. The predicted molar refractivity (Wildman–Crippen MR) is 178 cm³/mol. The molecule has 0 aromatic heterocycles. The molecule has 206 valence electrons. The number of benzene rings is 5. The number of hydrogen-bond acceptors (Lipinski definition) is 2. The van der Waals surface area contributed by atoms with Crippen molar-refractivity contribution in [2.75, 3.05) is 0 Å². The number of rotatable bonds is 13. The van der Waals surface area contributed by atoms with Crippen molar-refractivity contribution in [1.29, 1.82) is 0 Å². The molecule has 0 saturated heterocycles. The molecule has 1 atom stereocenters. The van der Waals surface area contributed by atoms with Crippen LogP contribution < -0.4 is 17.6 Å². The third kappa shape index (κ3) is 7.48. The van der Waals surface area contributed by atoms with Crippen LogP contribution in [0.25, 0.3) is 0 Å². The van der Waals surface area contributed by atoms with Crippen molar-refractivity contribution in [3.8, 4) is 0 Å². The van der Waals surface area contributed by atoms with Crippen LogP contribution in [-0.4, -0.2) is 32.8 Å². The molecule has 0 amide bonds. The SMILES string of the molecule is CC(CCC/[C](=N\OCc1ccccc1)[Ge]([c]1ccccc1)([c]1ccccc1)[c]1ccccc1)[Se]c1ccccc1. The second-order valence-electron chi connectivity index (χ2n) is 10.3. The van der Waals surface area contributed by atoms with E-state index in [1.165, 1.54) is 28.6 Å². The van der Waals surface area contributed by atoms with Crippen LogP contribution in [0, 0.1) is 0 Å². The van der Waals surface area contributed by atoms with Crippen LogP contribution in [0.5, 0.6) is 0 Å². The van der Waals surface area contributed by atoms with E-state index in [1.54, 1.807) is 0 Å². The summed E-state index contributed by atoms with van der Waals surface area (Å²) >= 11 is -3.00. The summed E-state index contributed by atoms with van der Waals surface area (Å²) in [4.78, 5) is 6.90. The van der Waals surface area contributed by atoms with Crippen molar-refractivity contribution in [3.63, 3.8) is 0 Å². The second kappa shape index (κ2) is 15.0. The van der Waals surface area contributed by atoms with E-state index in [2.05, 4.69) is 153 Å². The van der Waals surface area contributed by atoms with E-state index in [0.717, 1.165) is 18.4 Å². The average molecular weight is 663 g/mol. The quantitative estimate of drug-likeness (QED) is 0.0827. The number of nitrogens with zero attached hydrogens (tertiary/aromatic N) is 1. The fraction of sp³-hybridized carbons (Fsp3) is 0.162. The Morgan fingerprint density at radius 1 is 0.634 bits per heavy atom. The Kier molecular flexibility index (Phi) is 10.7. The van der Waals surface area contributed by atoms with Gasteiger partial charge in [0.05, 0.1) is 0 Å². The van der Waals surface area contributed by atoms with Gasteiger partial charge in [-0.05, 0) is 0 Å². The zero-order valence-electron chi connectivity index (χ0n) is 23.6. The van der Waals surface area contributed by atoms with Gasteiger partial charge in [0.1, 0.15) is 0 Å². The Bertz CT molecular complexity index is 1380. The van der Waals surface area contributed by atoms with E-state index in [9.17, 15) is 0 Å². The monoisotopic (exact) mass is 665 g/mol. The van der Waals surface area contributed by atoms with Gasteiger partial charge in [0.15, 0.2) is 0 Å². The normalized spacial score (nSPS) is 12.6. The molecule has 0 aliphatic rings. The molecule has 0 saturated carbocycles. The van der Waals surface area contributed by atoms with Crippen LogP contribution in [0.4, 0.5) is 0 Å². The van der Waals surface area contributed by atoms with Crippen molar-refractivity contribution in [2.24, 2.45) is 5.16 Å². The maximum absolute atomic E-state index is 6.24. The van der Waals surface area contributed by atoms with E-state index >= 15 is 0 Å². The average Bonchev–Trinajstić information content (AvgIpc) is 3.04. The molecule has 0 bridgehead atoms. The van der Waals surface area contributed by atoms with Gasteiger partial charge in [-0.2, -0.15) is 0 Å². The molecular weight excluding hydrogens is 626 g/mol. The summed E-state index contributed by atoms with van der Waals surface area (Å²) in [5.41, 5.74) is 1.13. The zero-order valence-corrected chi connectivity index (χ0v) is 27.4.